The average molecular weight is 332 g/mol. The van der Waals surface area contributed by atoms with Crippen molar-refractivity contribution >= 4 is 22.6 Å². The van der Waals surface area contributed by atoms with Crippen LogP contribution in [-0.2, 0) is 4.74 Å². The van der Waals surface area contributed by atoms with E-state index in [1.54, 1.807) is 0 Å². The van der Waals surface area contributed by atoms with Gasteiger partial charge < -0.3 is 4.74 Å². The highest BCUT2D eigenvalue weighted by Crippen LogP contribution is 2.37. The van der Waals surface area contributed by atoms with Gasteiger partial charge in [0.05, 0.1) is 5.60 Å². The van der Waals surface area contributed by atoms with Crippen LogP contribution in [0, 0.1) is 5.92 Å². The van der Waals surface area contributed by atoms with Gasteiger partial charge in [0.25, 0.3) is 6.43 Å². The van der Waals surface area contributed by atoms with Crippen molar-refractivity contribution in [2.24, 2.45) is 5.92 Å². The largest absolute Gasteiger partial charge is 0.368 e. The van der Waals surface area contributed by atoms with Gasteiger partial charge in [0.15, 0.2) is 0 Å². The topological polar surface area (TPSA) is 9.23 Å². The monoisotopic (exact) mass is 332 g/mol. The van der Waals surface area contributed by atoms with Gasteiger partial charge in [-0.05, 0) is 31.6 Å². The second kappa shape index (κ2) is 6.33. The molecule has 1 rings (SSSR count). The molecule has 1 fully saturated rings. The minimum atomic E-state index is -2.34. The Bertz CT molecular complexity index is 179. The maximum Gasteiger partial charge on any atom is 0.261 e. The molecule has 0 bridgehead atoms. The van der Waals surface area contributed by atoms with Crippen molar-refractivity contribution in [1.82, 2.24) is 0 Å². The number of alkyl halides is 3. The third kappa shape index (κ3) is 4.13. The van der Waals surface area contributed by atoms with Gasteiger partial charge in [-0.15, -0.1) is 0 Å². The molecule has 15 heavy (non-hydrogen) atoms. The maximum absolute atomic E-state index is 12.1. The van der Waals surface area contributed by atoms with E-state index in [0.29, 0.717) is 0 Å². The van der Waals surface area contributed by atoms with Gasteiger partial charge in [-0.3, -0.25) is 0 Å². The summed E-state index contributed by atoms with van der Waals surface area (Å²) in [5.41, 5.74) is -0.261. The molecule has 0 atom stereocenters. The van der Waals surface area contributed by atoms with Crippen LogP contribution in [-0.4, -0.2) is 23.1 Å². The summed E-state index contributed by atoms with van der Waals surface area (Å²) in [5.74, 6) is 0.774. The summed E-state index contributed by atoms with van der Waals surface area (Å²) < 4.78 is 30.5. The molecule has 1 aliphatic carbocycles. The lowest BCUT2D eigenvalue weighted by Crippen LogP contribution is -2.40. The molecule has 0 spiro atoms. The Morgan fingerprint density at radius 3 is 2.40 bits per heavy atom. The molecular formula is C11H19F2IO. The third-order valence-electron chi connectivity index (χ3n) is 3.35. The molecule has 1 saturated carbocycles. The summed E-state index contributed by atoms with van der Waals surface area (Å²) in [7, 11) is 0. The summed E-state index contributed by atoms with van der Waals surface area (Å²) in [6, 6.07) is 0. The molecular weight excluding hydrogens is 313 g/mol. The van der Waals surface area contributed by atoms with E-state index in [1.165, 1.54) is 6.42 Å². The minimum absolute atomic E-state index is 0.261. The number of hydrogen-bond donors (Lipinski definition) is 0. The summed E-state index contributed by atoms with van der Waals surface area (Å²) in [6.07, 6.45) is 3.01. The van der Waals surface area contributed by atoms with Crippen LogP contribution in [0.25, 0.3) is 0 Å². The Hall–Kier alpha value is 0.550. The Kier molecular flexibility index (Phi) is 5.74. The highest BCUT2D eigenvalue weighted by molar-refractivity contribution is 14.1. The number of ether oxygens (including phenoxy) is 1. The van der Waals surface area contributed by atoms with E-state index in [9.17, 15) is 8.78 Å². The molecule has 0 N–H and O–H groups in total. The summed E-state index contributed by atoms with van der Waals surface area (Å²) in [4.78, 5) is 0. The van der Waals surface area contributed by atoms with Crippen LogP contribution in [0.3, 0.4) is 0 Å². The first-order chi connectivity index (χ1) is 7.12. The van der Waals surface area contributed by atoms with Crippen LogP contribution in [0.5, 0.6) is 0 Å². The number of hydrogen-bond acceptors (Lipinski definition) is 1. The highest BCUT2D eigenvalue weighted by atomic mass is 127. The zero-order valence-corrected chi connectivity index (χ0v) is 11.3. The van der Waals surface area contributed by atoms with E-state index in [4.69, 9.17) is 4.74 Å². The van der Waals surface area contributed by atoms with Gasteiger partial charge in [0.1, 0.15) is 6.61 Å². The van der Waals surface area contributed by atoms with Crippen molar-refractivity contribution in [3.05, 3.63) is 0 Å². The Balaban J connectivity index is 2.41. The highest BCUT2D eigenvalue weighted by Gasteiger charge is 2.35. The molecule has 1 nitrogen and oxygen atoms in total. The predicted molar refractivity (Wildman–Crippen MR) is 65.8 cm³/mol. The molecule has 90 valence electrons. The first-order valence-corrected chi connectivity index (χ1v) is 7.12. The van der Waals surface area contributed by atoms with Gasteiger partial charge in [-0.25, -0.2) is 8.78 Å². The molecule has 0 saturated heterocycles. The number of halogens is 3. The fourth-order valence-corrected chi connectivity index (χ4v) is 3.15. The van der Waals surface area contributed by atoms with Crippen molar-refractivity contribution in [3.8, 4) is 0 Å². The summed E-state index contributed by atoms with van der Waals surface area (Å²) >= 11 is 2.26. The first-order valence-electron chi connectivity index (χ1n) is 5.60. The molecule has 4 heteroatoms. The van der Waals surface area contributed by atoms with Gasteiger partial charge in [-0.1, -0.05) is 35.9 Å². The van der Waals surface area contributed by atoms with Crippen molar-refractivity contribution in [1.29, 1.82) is 0 Å². The lowest BCUT2D eigenvalue weighted by Gasteiger charge is -2.38. The molecule has 0 aromatic heterocycles. The van der Waals surface area contributed by atoms with Crippen LogP contribution < -0.4 is 0 Å². The van der Waals surface area contributed by atoms with E-state index in [0.717, 1.165) is 36.0 Å². The maximum atomic E-state index is 12.1. The Morgan fingerprint density at radius 2 is 2.00 bits per heavy atom. The minimum Gasteiger partial charge on any atom is -0.368 e. The van der Waals surface area contributed by atoms with E-state index >= 15 is 0 Å². The lowest BCUT2D eigenvalue weighted by molar-refractivity contribution is -0.0972. The molecule has 0 aromatic carbocycles. The Labute approximate surface area is 104 Å². The van der Waals surface area contributed by atoms with Crippen LogP contribution in [0.15, 0.2) is 0 Å². The normalized spacial score (nSPS) is 32.2. The summed E-state index contributed by atoms with van der Waals surface area (Å²) in [6.45, 7) is 1.79. The first kappa shape index (κ1) is 13.6. The van der Waals surface area contributed by atoms with Gasteiger partial charge >= 0.3 is 0 Å². The van der Waals surface area contributed by atoms with E-state index in [-0.39, 0.29) is 5.60 Å². The van der Waals surface area contributed by atoms with Gasteiger partial charge in [-0.2, -0.15) is 0 Å². The van der Waals surface area contributed by atoms with Gasteiger partial charge in [0, 0.05) is 4.43 Å². The Morgan fingerprint density at radius 1 is 1.40 bits per heavy atom. The second-order valence-electron chi connectivity index (χ2n) is 4.37. The van der Waals surface area contributed by atoms with E-state index in [1.807, 2.05) is 0 Å². The molecule has 0 aromatic rings. The fraction of sp³-hybridized carbons (Fsp3) is 1.00. The smallest absolute Gasteiger partial charge is 0.261 e. The van der Waals surface area contributed by atoms with E-state index in [2.05, 4.69) is 29.5 Å². The number of rotatable bonds is 5. The van der Waals surface area contributed by atoms with Crippen LogP contribution in [0.2, 0.25) is 0 Å². The zero-order valence-electron chi connectivity index (χ0n) is 9.15. The van der Waals surface area contributed by atoms with Crippen molar-refractivity contribution in [3.63, 3.8) is 0 Å². The molecule has 0 amide bonds. The van der Waals surface area contributed by atoms with Crippen molar-refractivity contribution in [2.75, 3.05) is 11.0 Å². The molecule has 0 radical (unpaired) electrons. The average Bonchev–Trinajstić information content (AvgIpc) is 2.27. The third-order valence-corrected chi connectivity index (χ3v) is 4.74. The second-order valence-corrected chi connectivity index (χ2v) is 5.13. The predicted octanol–water partition coefficient (Wildman–Crippen LogP) is 4.04. The fourth-order valence-electron chi connectivity index (χ4n) is 2.17. The van der Waals surface area contributed by atoms with Crippen LogP contribution in [0.4, 0.5) is 8.78 Å². The van der Waals surface area contributed by atoms with E-state index < -0.39 is 13.0 Å². The van der Waals surface area contributed by atoms with Crippen molar-refractivity contribution in [2.45, 2.75) is 51.1 Å². The molecule has 0 aliphatic heterocycles. The molecule has 0 heterocycles. The van der Waals surface area contributed by atoms with Crippen LogP contribution >= 0.6 is 22.6 Å². The molecule has 0 unspecified atom stereocenters. The summed E-state index contributed by atoms with van der Waals surface area (Å²) in [5, 5.41) is 0. The molecule has 1 aliphatic rings. The lowest BCUT2D eigenvalue weighted by atomic mass is 9.79. The zero-order chi connectivity index (χ0) is 11.3. The van der Waals surface area contributed by atoms with Crippen LogP contribution in [0.1, 0.15) is 39.0 Å². The van der Waals surface area contributed by atoms with Gasteiger partial charge in [0.2, 0.25) is 0 Å². The SMILES string of the molecule is CCC1CCC(CI)(OCC(F)F)CC1. The van der Waals surface area contributed by atoms with Crippen molar-refractivity contribution < 1.29 is 13.5 Å². The quantitative estimate of drug-likeness (QED) is 0.545. The standard InChI is InChI=1S/C11H19F2IO/c1-2-9-3-5-11(8-14,6-4-9)15-7-10(12)13/h9-10H,2-8H2,1H3.